The topological polar surface area (TPSA) is 54.9 Å². The lowest BCUT2D eigenvalue weighted by atomic mass is 9.93. The summed E-state index contributed by atoms with van der Waals surface area (Å²) in [5, 5.41) is 4.03. The molecule has 0 bridgehead atoms. The summed E-state index contributed by atoms with van der Waals surface area (Å²) in [7, 11) is -0.671. The molecule has 0 spiro atoms. The van der Waals surface area contributed by atoms with Gasteiger partial charge in [-0.15, -0.1) is 0 Å². The van der Waals surface area contributed by atoms with Crippen LogP contribution in [0.15, 0.2) is 0 Å². The summed E-state index contributed by atoms with van der Waals surface area (Å²) in [6.45, 7) is 4.01. The van der Waals surface area contributed by atoms with Crippen molar-refractivity contribution >= 4 is 16.6 Å². The Morgan fingerprint density at radius 3 is 2.82 bits per heavy atom. The normalized spacial score (nSPS) is 26.3. The summed E-state index contributed by atoms with van der Waals surface area (Å²) in [6, 6.07) is 0.412. The molecule has 1 fully saturated rings. The highest BCUT2D eigenvalue weighted by Crippen LogP contribution is 2.29. The van der Waals surface area contributed by atoms with Gasteiger partial charge in [0, 0.05) is 39.1 Å². The number of fused-ring (bicyclic) bond motifs is 1. The minimum absolute atomic E-state index is 0.356. The van der Waals surface area contributed by atoms with Gasteiger partial charge in [-0.3, -0.25) is 4.21 Å². The first-order valence-corrected chi connectivity index (χ1v) is 10.1. The molecule has 22 heavy (non-hydrogen) atoms. The zero-order chi connectivity index (χ0) is 15.5. The van der Waals surface area contributed by atoms with Crippen LogP contribution >= 0.6 is 0 Å². The van der Waals surface area contributed by atoms with Crippen molar-refractivity contribution in [2.75, 3.05) is 11.1 Å². The molecule has 3 rings (SSSR count). The largest absolute Gasteiger partial charge is 0.367 e. The van der Waals surface area contributed by atoms with Gasteiger partial charge < -0.3 is 5.32 Å². The molecule has 1 aromatic heterocycles. The fourth-order valence-electron chi connectivity index (χ4n) is 3.78. The maximum atomic E-state index is 12.1. The van der Waals surface area contributed by atoms with Crippen molar-refractivity contribution in [3.8, 4) is 0 Å². The van der Waals surface area contributed by atoms with Crippen molar-refractivity contribution in [3.63, 3.8) is 0 Å². The Kier molecular flexibility index (Phi) is 5.11. The number of aromatic nitrogens is 2. The number of hydrogen-bond acceptors (Lipinski definition) is 4. The Hall–Kier alpha value is -0.970. The number of aryl methyl sites for hydroxylation is 2. The summed E-state index contributed by atoms with van der Waals surface area (Å²) in [5.41, 5.74) is 2.57. The van der Waals surface area contributed by atoms with Crippen LogP contribution in [0.2, 0.25) is 0 Å². The molecule has 4 nitrogen and oxygen atoms in total. The van der Waals surface area contributed by atoms with Gasteiger partial charge in [0.25, 0.3) is 0 Å². The molecule has 2 aliphatic carbocycles. The SMILES string of the molecule is CCS(=O)C1CCCC(Nc2nc(C)nc3c2CCCC3)C1. The smallest absolute Gasteiger partial charge is 0.133 e. The molecule has 0 aliphatic heterocycles. The molecule has 0 radical (unpaired) electrons. The first-order chi connectivity index (χ1) is 10.7. The molecule has 5 heteroatoms. The molecule has 0 saturated heterocycles. The van der Waals surface area contributed by atoms with Crippen LogP contribution in [0, 0.1) is 6.92 Å². The molecule has 3 unspecified atom stereocenters. The Morgan fingerprint density at radius 2 is 2.00 bits per heavy atom. The van der Waals surface area contributed by atoms with Crippen LogP contribution in [0.25, 0.3) is 0 Å². The monoisotopic (exact) mass is 321 g/mol. The zero-order valence-corrected chi connectivity index (χ0v) is 14.5. The van der Waals surface area contributed by atoms with Crippen LogP contribution in [0.3, 0.4) is 0 Å². The summed E-state index contributed by atoms with van der Waals surface area (Å²) >= 11 is 0. The third kappa shape index (κ3) is 3.50. The molecule has 1 saturated carbocycles. The van der Waals surface area contributed by atoms with E-state index >= 15 is 0 Å². The maximum absolute atomic E-state index is 12.1. The lowest BCUT2D eigenvalue weighted by Gasteiger charge is -2.30. The number of anilines is 1. The summed E-state index contributed by atoms with van der Waals surface area (Å²) in [5.74, 6) is 2.70. The lowest BCUT2D eigenvalue weighted by molar-refractivity contribution is 0.463. The molecule has 122 valence electrons. The van der Waals surface area contributed by atoms with Crippen molar-refractivity contribution in [1.82, 2.24) is 9.97 Å². The molecule has 0 aromatic carbocycles. The van der Waals surface area contributed by atoms with E-state index in [1.54, 1.807) is 0 Å². The van der Waals surface area contributed by atoms with Gasteiger partial charge in [-0.2, -0.15) is 0 Å². The Bertz CT molecular complexity index is 561. The van der Waals surface area contributed by atoms with Crippen LogP contribution in [-0.4, -0.2) is 31.2 Å². The van der Waals surface area contributed by atoms with Gasteiger partial charge in [0.2, 0.25) is 0 Å². The molecular weight excluding hydrogens is 294 g/mol. The standard InChI is InChI=1S/C17H27N3OS/c1-3-22(21)14-8-6-7-13(11-14)20-17-15-9-4-5-10-16(15)18-12(2)19-17/h13-14H,3-11H2,1-2H3,(H,18,19,20). The Labute approximate surface area is 136 Å². The minimum atomic E-state index is -0.671. The number of nitrogens with one attached hydrogen (secondary N) is 1. The Balaban J connectivity index is 1.75. The van der Waals surface area contributed by atoms with E-state index in [9.17, 15) is 4.21 Å². The molecule has 2 aliphatic rings. The first kappa shape index (κ1) is 15.9. The van der Waals surface area contributed by atoms with E-state index in [2.05, 4.69) is 15.3 Å². The second kappa shape index (κ2) is 7.07. The molecule has 1 aromatic rings. The minimum Gasteiger partial charge on any atom is -0.367 e. The fourth-order valence-corrected chi connectivity index (χ4v) is 5.13. The second-order valence-electron chi connectivity index (χ2n) is 6.55. The zero-order valence-electron chi connectivity index (χ0n) is 13.7. The highest BCUT2D eigenvalue weighted by molar-refractivity contribution is 7.85. The number of hydrogen-bond donors (Lipinski definition) is 1. The van der Waals surface area contributed by atoms with E-state index in [0.29, 0.717) is 11.3 Å². The first-order valence-electron chi connectivity index (χ1n) is 8.67. The average molecular weight is 321 g/mol. The predicted octanol–water partition coefficient (Wildman–Crippen LogP) is 3.16. The summed E-state index contributed by atoms with van der Waals surface area (Å²) < 4.78 is 12.1. The highest BCUT2D eigenvalue weighted by Gasteiger charge is 2.27. The third-order valence-electron chi connectivity index (χ3n) is 4.92. The summed E-state index contributed by atoms with van der Waals surface area (Å²) in [4.78, 5) is 9.30. The van der Waals surface area contributed by atoms with Crippen molar-refractivity contribution in [2.45, 2.75) is 76.5 Å². The van der Waals surface area contributed by atoms with E-state index in [4.69, 9.17) is 0 Å². The molecule has 0 amide bonds. The van der Waals surface area contributed by atoms with Crippen LogP contribution < -0.4 is 5.32 Å². The quantitative estimate of drug-likeness (QED) is 0.925. The van der Waals surface area contributed by atoms with Crippen molar-refractivity contribution in [1.29, 1.82) is 0 Å². The fraction of sp³-hybridized carbons (Fsp3) is 0.765. The third-order valence-corrected chi connectivity index (χ3v) is 6.66. The summed E-state index contributed by atoms with van der Waals surface area (Å²) in [6.07, 6.45) is 9.11. The lowest BCUT2D eigenvalue weighted by Crippen LogP contribution is -2.33. The van der Waals surface area contributed by atoms with E-state index in [0.717, 1.165) is 49.5 Å². The van der Waals surface area contributed by atoms with Gasteiger partial charge in [-0.25, -0.2) is 9.97 Å². The van der Waals surface area contributed by atoms with Gasteiger partial charge in [-0.05, 0) is 51.9 Å². The highest BCUT2D eigenvalue weighted by atomic mass is 32.2. The maximum Gasteiger partial charge on any atom is 0.133 e. The van der Waals surface area contributed by atoms with Gasteiger partial charge in [0.1, 0.15) is 11.6 Å². The Morgan fingerprint density at radius 1 is 1.18 bits per heavy atom. The molecule has 1 N–H and O–H groups in total. The number of rotatable bonds is 4. The van der Waals surface area contributed by atoms with Crippen LogP contribution in [0.5, 0.6) is 0 Å². The van der Waals surface area contributed by atoms with E-state index < -0.39 is 10.8 Å². The van der Waals surface area contributed by atoms with Gasteiger partial charge in [0.05, 0.1) is 0 Å². The van der Waals surface area contributed by atoms with Crippen molar-refractivity contribution < 1.29 is 4.21 Å². The van der Waals surface area contributed by atoms with Gasteiger partial charge in [-0.1, -0.05) is 13.3 Å². The van der Waals surface area contributed by atoms with Gasteiger partial charge in [0.15, 0.2) is 0 Å². The van der Waals surface area contributed by atoms with Crippen molar-refractivity contribution in [2.24, 2.45) is 0 Å². The molecule has 1 heterocycles. The molecular formula is C17H27N3OS. The van der Waals surface area contributed by atoms with Crippen molar-refractivity contribution in [3.05, 3.63) is 17.1 Å². The van der Waals surface area contributed by atoms with E-state index in [1.165, 1.54) is 30.5 Å². The van der Waals surface area contributed by atoms with E-state index in [1.807, 2.05) is 13.8 Å². The second-order valence-corrected chi connectivity index (χ2v) is 8.56. The van der Waals surface area contributed by atoms with Crippen LogP contribution in [0.1, 0.15) is 62.5 Å². The van der Waals surface area contributed by atoms with Crippen LogP contribution in [0.4, 0.5) is 5.82 Å². The predicted molar refractivity (Wildman–Crippen MR) is 91.8 cm³/mol. The van der Waals surface area contributed by atoms with Gasteiger partial charge >= 0.3 is 0 Å². The van der Waals surface area contributed by atoms with Crippen LogP contribution in [-0.2, 0) is 23.6 Å². The average Bonchev–Trinajstić information content (AvgIpc) is 2.54. The number of nitrogens with zero attached hydrogens (tertiary/aromatic N) is 2. The molecule has 3 atom stereocenters. The van der Waals surface area contributed by atoms with E-state index in [-0.39, 0.29) is 0 Å².